The van der Waals surface area contributed by atoms with Gasteiger partial charge >= 0.3 is 12.1 Å². The first kappa shape index (κ1) is 16.8. The van der Waals surface area contributed by atoms with Gasteiger partial charge in [-0.3, -0.25) is 0 Å². The minimum atomic E-state index is -1.07. The number of carbonyl (C=O) groups is 2. The van der Waals surface area contributed by atoms with E-state index in [1.54, 1.807) is 32.5 Å². The quantitative estimate of drug-likeness (QED) is 0.817. The van der Waals surface area contributed by atoms with Crippen molar-refractivity contribution in [3.63, 3.8) is 0 Å². The van der Waals surface area contributed by atoms with Crippen molar-refractivity contribution < 1.29 is 19.4 Å². The van der Waals surface area contributed by atoms with Crippen molar-refractivity contribution in [1.82, 2.24) is 5.32 Å². The second kappa shape index (κ2) is 6.99. The molecule has 0 saturated carbocycles. The fraction of sp³-hybridized carbons (Fsp3) is 0.538. The molecule has 0 aliphatic heterocycles. The van der Waals surface area contributed by atoms with Gasteiger partial charge in [-0.1, -0.05) is 0 Å². The number of hydrogen-bond acceptors (Lipinski definition) is 5. The van der Waals surface area contributed by atoms with E-state index >= 15 is 0 Å². The Morgan fingerprint density at radius 2 is 2.10 bits per heavy atom. The summed E-state index contributed by atoms with van der Waals surface area (Å²) in [4.78, 5) is 23.8. The molecule has 5 nitrogen and oxygen atoms in total. The number of alkyl carbamates (subject to hydrolysis) is 1. The third kappa shape index (κ3) is 5.83. The third-order valence-corrected chi connectivity index (χ3v) is 4.42. The van der Waals surface area contributed by atoms with E-state index < -0.39 is 23.7 Å². The first-order chi connectivity index (χ1) is 9.21. The molecule has 0 radical (unpaired) electrons. The Hall–Kier alpha value is -1.21. The van der Waals surface area contributed by atoms with Crippen molar-refractivity contribution >= 4 is 35.2 Å². The molecule has 2 N–H and O–H groups in total. The van der Waals surface area contributed by atoms with Gasteiger partial charge in [-0.15, -0.1) is 23.1 Å². The van der Waals surface area contributed by atoms with E-state index in [-0.39, 0.29) is 6.42 Å². The maximum absolute atomic E-state index is 11.6. The number of carboxylic acid groups (broad SMARTS) is 1. The number of aliphatic carboxylic acids is 1. The SMILES string of the molecule is CSc1ccc(CC(NC(=O)OC(C)(C)C)C(=O)O)s1. The van der Waals surface area contributed by atoms with Crippen LogP contribution >= 0.6 is 23.1 Å². The van der Waals surface area contributed by atoms with E-state index in [4.69, 9.17) is 4.74 Å². The monoisotopic (exact) mass is 317 g/mol. The lowest BCUT2D eigenvalue weighted by atomic mass is 10.2. The predicted octanol–water partition coefficient (Wildman–Crippen LogP) is 2.99. The molecule has 1 rings (SSSR count). The van der Waals surface area contributed by atoms with Gasteiger partial charge in [-0.25, -0.2) is 9.59 Å². The number of hydrogen-bond donors (Lipinski definition) is 2. The summed E-state index contributed by atoms with van der Waals surface area (Å²) in [6.07, 6.45) is 1.50. The summed E-state index contributed by atoms with van der Waals surface area (Å²) in [5, 5.41) is 11.6. The van der Waals surface area contributed by atoms with Gasteiger partial charge in [-0.2, -0.15) is 0 Å². The van der Waals surface area contributed by atoms with Crippen molar-refractivity contribution in [3.05, 3.63) is 17.0 Å². The topological polar surface area (TPSA) is 75.6 Å². The summed E-state index contributed by atoms with van der Waals surface area (Å²) in [5.74, 6) is -1.07. The number of rotatable bonds is 5. The summed E-state index contributed by atoms with van der Waals surface area (Å²) >= 11 is 3.13. The predicted molar refractivity (Wildman–Crippen MR) is 80.6 cm³/mol. The molecule has 1 heterocycles. The van der Waals surface area contributed by atoms with Crippen LogP contribution in [0.5, 0.6) is 0 Å². The van der Waals surface area contributed by atoms with E-state index in [0.29, 0.717) is 0 Å². The zero-order valence-corrected chi connectivity index (χ0v) is 13.6. The highest BCUT2D eigenvalue weighted by Gasteiger charge is 2.24. The van der Waals surface area contributed by atoms with Crippen LogP contribution in [0.15, 0.2) is 16.3 Å². The average molecular weight is 317 g/mol. The zero-order chi connectivity index (χ0) is 15.3. The van der Waals surface area contributed by atoms with Crippen molar-refractivity contribution in [3.8, 4) is 0 Å². The maximum Gasteiger partial charge on any atom is 0.408 e. The van der Waals surface area contributed by atoms with Crippen molar-refractivity contribution in [2.45, 2.75) is 43.0 Å². The molecule has 0 aliphatic rings. The van der Waals surface area contributed by atoms with Crippen LogP contribution in [0.4, 0.5) is 4.79 Å². The Balaban J connectivity index is 2.65. The molecule has 0 aromatic carbocycles. The lowest BCUT2D eigenvalue weighted by Gasteiger charge is -2.21. The first-order valence-corrected chi connectivity index (χ1v) is 8.10. The second-order valence-electron chi connectivity index (χ2n) is 5.17. The lowest BCUT2D eigenvalue weighted by Crippen LogP contribution is -2.44. The van der Waals surface area contributed by atoms with E-state index in [2.05, 4.69) is 5.32 Å². The highest BCUT2D eigenvalue weighted by atomic mass is 32.2. The normalized spacial score (nSPS) is 12.8. The molecule has 0 saturated heterocycles. The lowest BCUT2D eigenvalue weighted by molar-refractivity contribution is -0.139. The fourth-order valence-corrected chi connectivity index (χ4v) is 3.07. The number of carbonyl (C=O) groups excluding carboxylic acids is 1. The summed E-state index contributed by atoms with van der Waals surface area (Å²) in [5.41, 5.74) is -0.651. The van der Waals surface area contributed by atoms with Crippen LogP contribution in [0.2, 0.25) is 0 Å². The molecule has 1 aromatic rings. The van der Waals surface area contributed by atoms with Crippen molar-refractivity contribution in [1.29, 1.82) is 0 Å². The number of ether oxygens (including phenoxy) is 1. The van der Waals surface area contributed by atoms with Crippen LogP contribution in [0, 0.1) is 0 Å². The molecule has 0 fully saturated rings. The molecule has 1 aromatic heterocycles. The Morgan fingerprint density at radius 3 is 2.55 bits per heavy atom. The highest BCUT2D eigenvalue weighted by Crippen LogP contribution is 2.26. The van der Waals surface area contributed by atoms with Crippen molar-refractivity contribution in [2.24, 2.45) is 0 Å². The number of carboxylic acids is 1. The minimum Gasteiger partial charge on any atom is -0.480 e. The summed E-state index contributed by atoms with van der Waals surface area (Å²) < 4.78 is 6.18. The standard InChI is InChI=1S/C13H19NO4S2/c1-13(2,3)18-12(17)14-9(11(15)16)7-8-5-6-10(19-4)20-8/h5-6,9H,7H2,1-4H3,(H,14,17)(H,15,16). The van der Waals surface area contributed by atoms with Gasteiger partial charge in [0.25, 0.3) is 0 Å². The number of amides is 1. The Kier molecular flexibility index (Phi) is 5.88. The van der Waals surface area contributed by atoms with Crippen LogP contribution in [-0.2, 0) is 16.0 Å². The van der Waals surface area contributed by atoms with Gasteiger partial charge in [0.1, 0.15) is 11.6 Å². The summed E-state index contributed by atoms with van der Waals surface area (Å²) in [6, 6.07) is 2.83. The molecular weight excluding hydrogens is 298 g/mol. The molecule has 7 heteroatoms. The van der Waals surface area contributed by atoms with Gasteiger partial charge < -0.3 is 15.2 Å². The summed E-state index contributed by atoms with van der Waals surface area (Å²) in [6.45, 7) is 5.19. The first-order valence-electron chi connectivity index (χ1n) is 6.06. The molecular formula is C13H19NO4S2. The fourth-order valence-electron chi connectivity index (χ4n) is 1.43. The van der Waals surface area contributed by atoms with Gasteiger partial charge in [0.05, 0.1) is 4.21 Å². The van der Waals surface area contributed by atoms with Gasteiger partial charge in [0.2, 0.25) is 0 Å². The van der Waals surface area contributed by atoms with E-state index in [9.17, 15) is 14.7 Å². The average Bonchev–Trinajstić information content (AvgIpc) is 2.73. The minimum absolute atomic E-state index is 0.250. The number of thiophene rings is 1. The second-order valence-corrected chi connectivity index (χ2v) is 7.44. The van der Waals surface area contributed by atoms with Crippen LogP contribution in [-0.4, -0.2) is 35.1 Å². The molecule has 1 atom stereocenters. The smallest absolute Gasteiger partial charge is 0.408 e. The molecule has 20 heavy (non-hydrogen) atoms. The number of nitrogens with one attached hydrogen (secondary N) is 1. The van der Waals surface area contributed by atoms with E-state index in [1.165, 1.54) is 11.3 Å². The third-order valence-electron chi connectivity index (χ3n) is 2.23. The van der Waals surface area contributed by atoms with Gasteiger partial charge in [0.15, 0.2) is 0 Å². The maximum atomic E-state index is 11.6. The van der Waals surface area contributed by atoms with Gasteiger partial charge in [0, 0.05) is 11.3 Å². The molecule has 112 valence electrons. The van der Waals surface area contributed by atoms with E-state index in [0.717, 1.165) is 9.09 Å². The van der Waals surface area contributed by atoms with Crippen LogP contribution in [0.25, 0.3) is 0 Å². The largest absolute Gasteiger partial charge is 0.480 e. The molecule has 0 bridgehead atoms. The Morgan fingerprint density at radius 1 is 1.45 bits per heavy atom. The molecule has 0 spiro atoms. The molecule has 1 unspecified atom stereocenters. The van der Waals surface area contributed by atoms with Crippen molar-refractivity contribution in [2.75, 3.05) is 6.26 Å². The highest BCUT2D eigenvalue weighted by molar-refractivity contribution is 8.00. The van der Waals surface area contributed by atoms with Gasteiger partial charge in [-0.05, 0) is 39.2 Å². The Labute approximate surface area is 126 Å². The van der Waals surface area contributed by atoms with Crippen LogP contribution < -0.4 is 5.32 Å². The number of thioether (sulfide) groups is 1. The van der Waals surface area contributed by atoms with Crippen LogP contribution in [0.1, 0.15) is 25.6 Å². The molecule has 1 amide bonds. The van der Waals surface area contributed by atoms with Crippen LogP contribution in [0.3, 0.4) is 0 Å². The van der Waals surface area contributed by atoms with E-state index in [1.807, 2.05) is 18.4 Å². The molecule has 0 aliphatic carbocycles. The summed E-state index contributed by atoms with van der Waals surface area (Å²) in [7, 11) is 0. The Bertz CT molecular complexity index is 479. The zero-order valence-electron chi connectivity index (χ0n) is 11.9.